The van der Waals surface area contributed by atoms with Gasteiger partial charge in [-0.3, -0.25) is 4.79 Å². The molecule has 5 rings (SSSR count). The highest BCUT2D eigenvalue weighted by Gasteiger charge is 2.61. The molecule has 4 nitrogen and oxygen atoms in total. The van der Waals surface area contributed by atoms with Gasteiger partial charge in [0.1, 0.15) is 17.6 Å². The number of hydrogen-bond acceptors (Lipinski definition) is 4. The number of benzene rings is 1. The van der Waals surface area contributed by atoms with Gasteiger partial charge in [0.25, 0.3) is 0 Å². The lowest BCUT2D eigenvalue weighted by Crippen LogP contribution is -2.54. The summed E-state index contributed by atoms with van der Waals surface area (Å²) in [7, 11) is 0. The zero-order valence-electron chi connectivity index (χ0n) is 21.1. The number of esters is 1. The van der Waals surface area contributed by atoms with Crippen LogP contribution in [0.15, 0.2) is 24.3 Å². The fraction of sp³-hybridized carbons (Fsp3) is 0.724. The molecule has 0 aliphatic heterocycles. The van der Waals surface area contributed by atoms with Gasteiger partial charge >= 0.3 is 5.97 Å². The molecule has 0 aromatic heterocycles. The number of Topliss-reactive ketones (excluding diaryl/α,β-unsaturated/α-hetero) is 1. The SMILES string of the molecule is CC(C)(Oc1ccc(Cl)cc1)C(=O)O[C@@H]1CC[C@H]2[C@@H]3CC[C@H]4CC(=O)CC[C@]4(C)[C@H]3CC[C@]12C. The zero-order valence-corrected chi connectivity index (χ0v) is 21.8. The van der Waals surface area contributed by atoms with Crippen LogP contribution in [0, 0.1) is 34.5 Å². The second-order valence-electron chi connectivity index (χ2n) is 12.5. The predicted molar refractivity (Wildman–Crippen MR) is 133 cm³/mol. The van der Waals surface area contributed by atoms with E-state index in [1.807, 2.05) is 0 Å². The smallest absolute Gasteiger partial charge is 0.350 e. The normalized spacial score (nSPS) is 39.6. The van der Waals surface area contributed by atoms with Crippen LogP contribution in [0.4, 0.5) is 0 Å². The van der Waals surface area contributed by atoms with Gasteiger partial charge in [-0.05, 0) is 112 Å². The van der Waals surface area contributed by atoms with Gasteiger partial charge < -0.3 is 9.47 Å². The second kappa shape index (κ2) is 8.54. The monoisotopic (exact) mass is 486 g/mol. The molecule has 4 aliphatic carbocycles. The van der Waals surface area contributed by atoms with E-state index in [1.165, 1.54) is 19.3 Å². The topological polar surface area (TPSA) is 52.6 Å². The van der Waals surface area contributed by atoms with Gasteiger partial charge in [0.05, 0.1) is 0 Å². The average molecular weight is 487 g/mol. The Hall–Kier alpha value is -1.55. The summed E-state index contributed by atoms with van der Waals surface area (Å²) in [5.74, 6) is 3.35. The van der Waals surface area contributed by atoms with E-state index in [4.69, 9.17) is 21.1 Å². The first-order chi connectivity index (χ1) is 16.0. The number of ether oxygens (including phenoxy) is 2. The first kappa shape index (κ1) is 24.2. The van der Waals surface area contributed by atoms with Gasteiger partial charge in [0, 0.05) is 23.3 Å². The van der Waals surface area contributed by atoms with Crippen LogP contribution in [0.1, 0.15) is 85.5 Å². The van der Waals surface area contributed by atoms with E-state index in [0.29, 0.717) is 45.6 Å². The molecule has 0 amide bonds. The molecular weight excluding hydrogens is 448 g/mol. The summed E-state index contributed by atoms with van der Waals surface area (Å²) in [5, 5.41) is 0.635. The third-order valence-electron chi connectivity index (χ3n) is 10.3. The van der Waals surface area contributed by atoms with Gasteiger partial charge in [-0.25, -0.2) is 4.79 Å². The van der Waals surface area contributed by atoms with Crippen LogP contribution in [0.25, 0.3) is 0 Å². The summed E-state index contributed by atoms with van der Waals surface area (Å²) in [6, 6.07) is 7.08. The van der Waals surface area contributed by atoms with E-state index >= 15 is 0 Å². The summed E-state index contributed by atoms with van der Waals surface area (Å²) in [6.45, 7) is 8.40. The Bertz CT molecular complexity index is 955. The second-order valence-corrected chi connectivity index (χ2v) is 12.9. The van der Waals surface area contributed by atoms with E-state index in [9.17, 15) is 9.59 Å². The minimum absolute atomic E-state index is 0.0286. The first-order valence-corrected chi connectivity index (χ1v) is 13.6. The average Bonchev–Trinajstić information content (AvgIpc) is 3.12. The van der Waals surface area contributed by atoms with Gasteiger partial charge in [-0.2, -0.15) is 0 Å². The predicted octanol–water partition coefficient (Wildman–Crippen LogP) is 7.02. The molecule has 4 saturated carbocycles. The Morgan fingerprint density at radius 1 is 0.971 bits per heavy atom. The molecule has 0 N–H and O–H groups in total. The fourth-order valence-corrected chi connectivity index (χ4v) is 8.43. The highest BCUT2D eigenvalue weighted by atomic mass is 35.5. The molecule has 0 spiro atoms. The van der Waals surface area contributed by atoms with Crippen molar-refractivity contribution in [3.63, 3.8) is 0 Å². The molecule has 34 heavy (non-hydrogen) atoms. The van der Waals surface area contributed by atoms with Gasteiger partial charge in [-0.1, -0.05) is 25.4 Å². The molecule has 186 valence electrons. The van der Waals surface area contributed by atoms with Crippen LogP contribution in [-0.2, 0) is 14.3 Å². The first-order valence-electron chi connectivity index (χ1n) is 13.2. The molecule has 1 aromatic carbocycles. The quantitative estimate of drug-likeness (QED) is 0.429. The number of fused-ring (bicyclic) bond motifs is 5. The molecule has 7 atom stereocenters. The van der Waals surface area contributed by atoms with Crippen LogP contribution in [-0.4, -0.2) is 23.5 Å². The van der Waals surface area contributed by atoms with Gasteiger partial charge in [0.15, 0.2) is 5.60 Å². The summed E-state index contributed by atoms with van der Waals surface area (Å²) >= 11 is 5.98. The molecule has 1 aromatic rings. The molecule has 4 fully saturated rings. The zero-order chi connectivity index (χ0) is 24.3. The number of ketones is 1. The van der Waals surface area contributed by atoms with E-state index in [0.717, 1.165) is 38.5 Å². The third kappa shape index (κ3) is 3.98. The number of rotatable bonds is 4. The number of carbonyl (C=O) groups is 2. The Labute approximate surface area is 209 Å². The minimum atomic E-state index is -1.07. The Kier molecular flexibility index (Phi) is 6.06. The van der Waals surface area contributed by atoms with Crippen molar-refractivity contribution in [3.05, 3.63) is 29.3 Å². The van der Waals surface area contributed by atoms with E-state index in [2.05, 4.69) is 13.8 Å². The van der Waals surface area contributed by atoms with Crippen LogP contribution in [0.5, 0.6) is 5.75 Å². The van der Waals surface area contributed by atoms with Crippen molar-refractivity contribution in [2.45, 2.75) is 97.2 Å². The minimum Gasteiger partial charge on any atom is -0.476 e. The van der Waals surface area contributed by atoms with Crippen molar-refractivity contribution in [3.8, 4) is 5.75 Å². The summed E-state index contributed by atoms with van der Waals surface area (Å²) < 4.78 is 12.2. The van der Waals surface area contributed by atoms with E-state index in [1.54, 1.807) is 38.1 Å². The molecule has 0 saturated heterocycles. The van der Waals surface area contributed by atoms with Crippen LogP contribution in [0.3, 0.4) is 0 Å². The maximum absolute atomic E-state index is 13.3. The number of hydrogen-bond donors (Lipinski definition) is 0. The standard InChI is InChI=1S/C29H39ClO4/c1-27(2,34-21-8-6-19(30)7-9-21)26(32)33-25-12-11-23-22-10-5-18-17-20(31)13-15-28(18,3)24(22)14-16-29(23,25)4/h6-9,18,22-25H,5,10-17H2,1-4H3/t18-,22-,23-,24-,25+,28-,29-/m0/s1. The van der Waals surface area contributed by atoms with Crippen molar-refractivity contribution < 1.29 is 19.1 Å². The van der Waals surface area contributed by atoms with Gasteiger partial charge in [0.2, 0.25) is 0 Å². The largest absolute Gasteiger partial charge is 0.476 e. The Morgan fingerprint density at radius 3 is 2.41 bits per heavy atom. The highest BCUT2D eigenvalue weighted by molar-refractivity contribution is 6.30. The van der Waals surface area contributed by atoms with Crippen molar-refractivity contribution in [1.29, 1.82) is 0 Å². The van der Waals surface area contributed by atoms with Crippen molar-refractivity contribution >= 4 is 23.4 Å². The Morgan fingerprint density at radius 2 is 1.68 bits per heavy atom. The van der Waals surface area contributed by atoms with Crippen molar-refractivity contribution in [2.24, 2.45) is 34.5 Å². The Balaban J connectivity index is 1.28. The number of carbonyl (C=O) groups excluding carboxylic acids is 2. The van der Waals surface area contributed by atoms with Crippen LogP contribution in [0.2, 0.25) is 5.02 Å². The molecular formula is C29H39ClO4. The molecule has 0 bridgehead atoms. The molecule has 0 radical (unpaired) electrons. The maximum atomic E-state index is 13.3. The van der Waals surface area contributed by atoms with E-state index in [-0.39, 0.29) is 17.5 Å². The fourth-order valence-electron chi connectivity index (χ4n) is 8.30. The van der Waals surface area contributed by atoms with Gasteiger partial charge in [-0.15, -0.1) is 0 Å². The van der Waals surface area contributed by atoms with E-state index < -0.39 is 5.60 Å². The molecule has 4 aliphatic rings. The lowest BCUT2D eigenvalue weighted by molar-refractivity contribution is -0.177. The lowest BCUT2D eigenvalue weighted by atomic mass is 9.45. The van der Waals surface area contributed by atoms with Crippen LogP contribution >= 0.6 is 11.6 Å². The lowest BCUT2D eigenvalue weighted by Gasteiger charge is -2.60. The van der Waals surface area contributed by atoms with Crippen molar-refractivity contribution in [2.75, 3.05) is 0 Å². The summed E-state index contributed by atoms with van der Waals surface area (Å²) in [5.41, 5.74) is -0.734. The molecule has 5 heteroatoms. The third-order valence-corrected chi connectivity index (χ3v) is 10.6. The highest BCUT2D eigenvalue weighted by Crippen LogP contribution is 2.66. The van der Waals surface area contributed by atoms with Crippen molar-refractivity contribution in [1.82, 2.24) is 0 Å². The maximum Gasteiger partial charge on any atom is 0.350 e. The summed E-state index contributed by atoms with van der Waals surface area (Å²) in [4.78, 5) is 25.4. The molecule has 0 heterocycles. The van der Waals surface area contributed by atoms with Crippen LogP contribution < -0.4 is 4.74 Å². The molecule has 0 unspecified atom stereocenters. The summed E-state index contributed by atoms with van der Waals surface area (Å²) in [6.07, 6.45) is 9.34. The number of halogens is 1.